The summed E-state index contributed by atoms with van der Waals surface area (Å²) in [6, 6.07) is 26.9. The van der Waals surface area contributed by atoms with Gasteiger partial charge >= 0.3 is 11.7 Å². The molecule has 2 fully saturated rings. The molecule has 2 aromatic heterocycles. The quantitative estimate of drug-likeness (QED) is 0.0634. The molecule has 3 heterocycles. The summed E-state index contributed by atoms with van der Waals surface area (Å²) in [5, 5.41) is 27.8. The lowest BCUT2D eigenvalue weighted by Gasteiger charge is -2.33. The van der Waals surface area contributed by atoms with Crippen molar-refractivity contribution in [2.45, 2.75) is 80.7 Å². The van der Waals surface area contributed by atoms with Crippen molar-refractivity contribution in [1.29, 1.82) is 0 Å². The molecule has 354 valence electrons. The number of carbonyl (C=O) groups is 5. The van der Waals surface area contributed by atoms with Crippen molar-refractivity contribution >= 4 is 51.3 Å². The van der Waals surface area contributed by atoms with E-state index in [9.17, 15) is 38.7 Å². The van der Waals surface area contributed by atoms with Crippen LogP contribution in [0.5, 0.6) is 0 Å². The number of aliphatic hydroxyl groups is 1. The molecule has 1 saturated heterocycles. The standard InChI is InChI=1S/C49H54N10O9/c1-28(58(2)41(62)24-50)42(44(64)52-26-33-22-39(60)45(68-33)59-19-18-40(61)55-48(59)67)56-43(63)38(21-30-16-17-31-12-6-7-13-32(31)20-30)54-47(66)57-49(46(65)53-25-29-10-4-3-5-11-29)23-36(49)35-27-51-37-15-9-8-14-34(35)37/h3-20,27-28,33,36,38-39,42,45,51,60H,21-26,50H2,1-2H3,(H,52,64)(H,53,65)(H,56,63)(H2,54,57,66)(H,55,61,67)/t28-,33+,36?,38-,39+,42-,45+,49?/m0/s1. The Balaban J connectivity index is 1.04. The first-order valence-corrected chi connectivity index (χ1v) is 22.4. The Bertz CT molecular complexity index is 2960. The normalized spacial score (nSPS) is 21.0. The number of likely N-dealkylation sites (N-methyl/N-ethyl adjacent to an activating group) is 1. The van der Waals surface area contributed by atoms with Crippen molar-refractivity contribution in [3.05, 3.63) is 153 Å². The molecule has 8 rings (SSSR count). The second kappa shape index (κ2) is 20.1. The number of aliphatic hydroxyl groups excluding tert-OH is 1. The number of aromatic nitrogens is 3. The number of urea groups is 1. The van der Waals surface area contributed by atoms with Crippen LogP contribution in [0.15, 0.2) is 125 Å². The Morgan fingerprint density at radius 2 is 1.63 bits per heavy atom. The molecule has 0 radical (unpaired) electrons. The van der Waals surface area contributed by atoms with Crippen LogP contribution >= 0.6 is 0 Å². The zero-order chi connectivity index (χ0) is 48.1. The van der Waals surface area contributed by atoms with E-state index in [4.69, 9.17) is 10.5 Å². The highest BCUT2D eigenvalue weighted by molar-refractivity contribution is 5.99. The van der Waals surface area contributed by atoms with Crippen LogP contribution < -0.4 is 43.6 Å². The van der Waals surface area contributed by atoms with Gasteiger partial charge in [0, 0.05) is 68.3 Å². The lowest BCUT2D eigenvalue weighted by atomic mass is 10.00. The van der Waals surface area contributed by atoms with Crippen LogP contribution in [0.3, 0.4) is 0 Å². The molecule has 19 nitrogen and oxygen atoms in total. The summed E-state index contributed by atoms with van der Waals surface area (Å²) in [6.07, 6.45) is 0.157. The third-order valence-corrected chi connectivity index (χ3v) is 12.9. The topological polar surface area (TPSA) is 275 Å². The predicted octanol–water partition coefficient (Wildman–Crippen LogP) is 1.38. The van der Waals surface area contributed by atoms with Gasteiger partial charge in [-0.1, -0.05) is 91.0 Å². The van der Waals surface area contributed by atoms with Crippen LogP contribution in [-0.4, -0.2) is 110 Å². The van der Waals surface area contributed by atoms with E-state index in [0.29, 0.717) is 5.56 Å². The van der Waals surface area contributed by atoms with E-state index in [2.05, 4.69) is 36.6 Å². The fraction of sp³-hybridized carbons (Fsp3) is 0.327. The predicted molar refractivity (Wildman–Crippen MR) is 252 cm³/mol. The molecule has 0 bridgehead atoms. The van der Waals surface area contributed by atoms with E-state index in [1.54, 1.807) is 6.92 Å². The highest BCUT2D eigenvalue weighted by atomic mass is 16.5. The molecule has 19 heteroatoms. The van der Waals surface area contributed by atoms with Gasteiger partial charge in [-0.05, 0) is 46.9 Å². The SMILES string of the molecule is C[C@@H]([C@H](NC(=O)[C@H](Cc1ccc2ccccc2c1)NC(=O)NC1(C(=O)NCc2ccccc2)CC1c1c[nH]c2ccccc12)C(=O)NC[C@H]1C[C@@H](O)[C@H](n2ccc(=O)[nH]c2=O)O1)N(C)C(=O)CN. The number of hydrogen-bond acceptors (Lipinski definition) is 10. The summed E-state index contributed by atoms with van der Waals surface area (Å²) in [6.45, 7) is 1.21. The number of nitrogens with two attached hydrogens (primary N) is 1. The number of carbonyl (C=O) groups excluding carboxylic acids is 5. The molecule has 10 N–H and O–H groups in total. The van der Waals surface area contributed by atoms with Crippen molar-refractivity contribution in [2.75, 3.05) is 20.1 Å². The first-order chi connectivity index (χ1) is 32.7. The Labute approximate surface area is 389 Å². The lowest BCUT2D eigenvalue weighted by molar-refractivity contribution is -0.136. The third kappa shape index (κ3) is 10.2. The van der Waals surface area contributed by atoms with Gasteiger partial charge in [-0.25, -0.2) is 9.59 Å². The third-order valence-electron chi connectivity index (χ3n) is 12.9. The van der Waals surface area contributed by atoms with Gasteiger partial charge in [0.2, 0.25) is 23.6 Å². The number of aromatic amines is 2. The molecule has 6 amide bonds. The Hall–Kier alpha value is -7.61. The van der Waals surface area contributed by atoms with Gasteiger partial charge in [0.05, 0.1) is 18.7 Å². The van der Waals surface area contributed by atoms with Gasteiger partial charge in [0.1, 0.15) is 23.7 Å². The number of H-pyrrole nitrogens is 2. The summed E-state index contributed by atoms with van der Waals surface area (Å²) in [7, 11) is 1.44. The van der Waals surface area contributed by atoms with E-state index < -0.39 is 88.9 Å². The molecule has 1 aliphatic carbocycles. The molecule has 0 spiro atoms. The van der Waals surface area contributed by atoms with Crippen molar-refractivity contribution in [3.8, 4) is 0 Å². The molecule has 2 aliphatic rings. The van der Waals surface area contributed by atoms with E-state index >= 15 is 0 Å². The van der Waals surface area contributed by atoms with Crippen LogP contribution in [0.25, 0.3) is 21.7 Å². The van der Waals surface area contributed by atoms with Crippen molar-refractivity contribution in [1.82, 2.24) is 46.0 Å². The Morgan fingerprint density at radius 3 is 2.40 bits per heavy atom. The summed E-state index contributed by atoms with van der Waals surface area (Å²) in [5.41, 5.74) is 6.16. The van der Waals surface area contributed by atoms with Crippen LogP contribution in [0.2, 0.25) is 0 Å². The van der Waals surface area contributed by atoms with Gasteiger partial charge in [-0.3, -0.25) is 33.5 Å². The maximum absolute atomic E-state index is 14.7. The van der Waals surface area contributed by atoms with Gasteiger partial charge in [-0.15, -0.1) is 0 Å². The van der Waals surface area contributed by atoms with Crippen LogP contribution in [-0.2, 0) is 36.9 Å². The van der Waals surface area contributed by atoms with Crippen LogP contribution in [0.4, 0.5) is 4.79 Å². The number of benzene rings is 4. The smallest absolute Gasteiger partial charge is 0.330 e. The van der Waals surface area contributed by atoms with Crippen molar-refractivity contribution < 1.29 is 33.8 Å². The summed E-state index contributed by atoms with van der Waals surface area (Å²) < 4.78 is 6.95. The first-order valence-electron chi connectivity index (χ1n) is 22.4. The largest absolute Gasteiger partial charge is 0.388 e. The minimum Gasteiger partial charge on any atom is -0.388 e. The monoisotopic (exact) mass is 926 g/mol. The molecule has 2 unspecified atom stereocenters. The van der Waals surface area contributed by atoms with Crippen LogP contribution in [0.1, 0.15) is 48.6 Å². The number of para-hydroxylation sites is 1. The molecule has 4 aromatic carbocycles. The highest BCUT2D eigenvalue weighted by Crippen LogP contribution is 2.53. The second-order valence-electron chi connectivity index (χ2n) is 17.4. The van der Waals surface area contributed by atoms with E-state index in [-0.39, 0.29) is 38.9 Å². The molecule has 1 aliphatic heterocycles. The van der Waals surface area contributed by atoms with E-state index in [1.807, 2.05) is 103 Å². The summed E-state index contributed by atoms with van der Waals surface area (Å²) in [5.74, 6) is -2.85. The van der Waals surface area contributed by atoms with Crippen molar-refractivity contribution in [3.63, 3.8) is 0 Å². The fourth-order valence-corrected chi connectivity index (χ4v) is 8.93. The Morgan fingerprint density at radius 1 is 0.897 bits per heavy atom. The zero-order valence-corrected chi connectivity index (χ0v) is 37.4. The maximum Gasteiger partial charge on any atom is 0.330 e. The zero-order valence-electron chi connectivity index (χ0n) is 37.4. The lowest BCUT2D eigenvalue weighted by Crippen LogP contribution is -2.63. The number of nitrogens with one attached hydrogen (secondary N) is 7. The minimum absolute atomic E-state index is 0.00839. The number of nitrogens with zero attached hydrogens (tertiary/aromatic N) is 2. The fourth-order valence-electron chi connectivity index (χ4n) is 8.93. The molecule has 8 atom stereocenters. The number of rotatable bonds is 17. The van der Waals surface area contributed by atoms with E-state index in [0.717, 1.165) is 43.4 Å². The van der Waals surface area contributed by atoms with Gasteiger partial charge in [-0.2, -0.15) is 0 Å². The van der Waals surface area contributed by atoms with Gasteiger partial charge < -0.3 is 52.0 Å². The van der Waals surface area contributed by atoms with Gasteiger partial charge in [0.25, 0.3) is 5.56 Å². The maximum atomic E-state index is 14.7. The number of hydrogen-bond donors (Lipinski definition) is 9. The van der Waals surface area contributed by atoms with Crippen molar-refractivity contribution in [2.24, 2.45) is 5.73 Å². The average molecular weight is 927 g/mol. The molecule has 6 aromatic rings. The number of fused-ring (bicyclic) bond motifs is 2. The van der Waals surface area contributed by atoms with E-state index in [1.165, 1.54) is 18.1 Å². The van der Waals surface area contributed by atoms with Gasteiger partial charge in [0.15, 0.2) is 6.23 Å². The minimum atomic E-state index is -1.42. The first kappa shape index (κ1) is 46.9. The number of amides is 6. The summed E-state index contributed by atoms with van der Waals surface area (Å²) >= 11 is 0. The summed E-state index contributed by atoms with van der Waals surface area (Å²) in [4.78, 5) is 101. The molecule has 68 heavy (non-hydrogen) atoms. The second-order valence-corrected chi connectivity index (χ2v) is 17.4. The average Bonchev–Trinajstić information content (AvgIpc) is 3.69. The number of ether oxygens (including phenoxy) is 1. The van der Waals surface area contributed by atoms with Crippen LogP contribution in [0, 0.1) is 0 Å². The molecule has 1 saturated carbocycles. The Kier molecular flexibility index (Phi) is 13.9. The molecular weight excluding hydrogens is 873 g/mol. The molecular formula is C49H54N10O9. The highest BCUT2D eigenvalue weighted by Gasteiger charge is 2.62.